The monoisotopic (exact) mass is 256 g/mol. The van der Waals surface area contributed by atoms with Crippen molar-refractivity contribution in [3.05, 3.63) is 30.9 Å². The summed E-state index contributed by atoms with van der Waals surface area (Å²) >= 11 is 0. The molecule has 1 saturated carbocycles. The van der Waals surface area contributed by atoms with Crippen LogP contribution in [0.25, 0.3) is 11.3 Å². The van der Waals surface area contributed by atoms with Gasteiger partial charge in [0.1, 0.15) is 5.82 Å². The van der Waals surface area contributed by atoms with Gasteiger partial charge in [-0.2, -0.15) is 0 Å². The summed E-state index contributed by atoms with van der Waals surface area (Å²) in [5.41, 5.74) is 7.86. The van der Waals surface area contributed by atoms with Gasteiger partial charge < -0.3 is 10.3 Å². The van der Waals surface area contributed by atoms with Gasteiger partial charge in [0, 0.05) is 18.3 Å². The van der Waals surface area contributed by atoms with E-state index in [1.54, 1.807) is 0 Å². The zero-order valence-corrected chi connectivity index (χ0v) is 11.1. The summed E-state index contributed by atoms with van der Waals surface area (Å²) in [5, 5.41) is 0. The second-order valence-corrected chi connectivity index (χ2v) is 5.41. The third-order valence-corrected chi connectivity index (χ3v) is 3.97. The van der Waals surface area contributed by atoms with E-state index < -0.39 is 0 Å². The average Bonchev–Trinajstić information content (AvgIpc) is 2.89. The summed E-state index contributed by atoms with van der Waals surface area (Å²) in [6.07, 6.45) is 12.5. The summed E-state index contributed by atoms with van der Waals surface area (Å²) in [7, 11) is 0. The van der Waals surface area contributed by atoms with Gasteiger partial charge in [0.05, 0.1) is 18.2 Å². The van der Waals surface area contributed by atoms with E-state index in [0.29, 0.717) is 5.82 Å². The first-order valence-corrected chi connectivity index (χ1v) is 7.05. The maximum atomic E-state index is 5.63. The maximum Gasteiger partial charge on any atom is 0.123 e. The van der Waals surface area contributed by atoms with Crippen molar-refractivity contribution in [3.63, 3.8) is 0 Å². The fourth-order valence-electron chi connectivity index (χ4n) is 2.91. The smallest absolute Gasteiger partial charge is 0.123 e. The van der Waals surface area contributed by atoms with Crippen molar-refractivity contribution in [2.24, 2.45) is 5.92 Å². The van der Waals surface area contributed by atoms with Gasteiger partial charge >= 0.3 is 0 Å². The zero-order chi connectivity index (χ0) is 13.1. The standard InChI is InChI=1S/C15H20N4/c16-15-7-6-13(8-18-15)14-9-17-11-19(14)10-12-4-2-1-3-5-12/h6-9,11-12H,1-5,10H2,(H2,16,18). The number of aromatic nitrogens is 3. The highest BCUT2D eigenvalue weighted by Crippen LogP contribution is 2.27. The van der Waals surface area contributed by atoms with Gasteiger partial charge in [-0.25, -0.2) is 9.97 Å². The van der Waals surface area contributed by atoms with E-state index in [0.717, 1.165) is 23.7 Å². The fraction of sp³-hybridized carbons (Fsp3) is 0.467. The second kappa shape index (κ2) is 5.43. The lowest BCUT2D eigenvalue weighted by molar-refractivity contribution is 0.320. The number of hydrogen-bond acceptors (Lipinski definition) is 3. The normalized spacial score (nSPS) is 16.6. The molecule has 2 heterocycles. The second-order valence-electron chi connectivity index (χ2n) is 5.41. The van der Waals surface area contributed by atoms with Gasteiger partial charge in [-0.1, -0.05) is 19.3 Å². The highest BCUT2D eigenvalue weighted by molar-refractivity contribution is 5.59. The number of nitrogen functional groups attached to an aromatic ring is 1. The molecule has 1 aliphatic rings. The Hall–Kier alpha value is -1.84. The third-order valence-electron chi connectivity index (χ3n) is 3.97. The third kappa shape index (κ3) is 2.78. The lowest BCUT2D eigenvalue weighted by Crippen LogP contribution is -2.14. The number of rotatable bonds is 3. The molecule has 0 aliphatic heterocycles. The topological polar surface area (TPSA) is 56.7 Å². The van der Waals surface area contributed by atoms with Gasteiger partial charge in [0.15, 0.2) is 0 Å². The molecule has 1 aliphatic carbocycles. The molecular formula is C15H20N4. The van der Waals surface area contributed by atoms with Gasteiger partial charge in [0.2, 0.25) is 0 Å². The summed E-state index contributed by atoms with van der Waals surface area (Å²) in [5.74, 6) is 1.35. The summed E-state index contributed by atoms with van der Waals surface area (Å²) in [6.45, 7) is 1.07. The van der Waals surface area contributed by atoms with Crippen LogP contribution in [-0.4, -0.2) is 14.5 Å². The Morgan fingerprint density at radius 1 is 1.16 bits per heavy atom. The van der Waals surface area contributed by atoms with E-state index in [9.17, 15) is 0 Å². The largest absolute Gasteiger partial charge is 0.384 e. The van der Waals surface area contributed by atoms with Crippen LogP contribution in [0.1, 0.15) is 32.1 Å². The number of nitrogens with zero attached hydrogens (tertiary/aromatic N) is 3. The molecule has 100 valence electrons. The summed E-state index contributed by atoms with van der Waals surface area (Å²) < 4.78 is 2.25. The van der Waals surface area contributed by atoms with Crippen LogP contribution in [0, 0.1) is 5.92 Å². The van der Waals surface area contributed by atoms with Crippen molar-refractivity contribution in [2.75, 3.05) is 5.73 Å². The quantitative estimate of drug-likeness (QED) is 0.918. The highest BCUT2D eigenvalue weighted by atomic mass is 15.0. The first-order valence-electron chi connectivity index (χ1n) is 7.05. The van der Waals surface area contributed by atoms with Gasteiger partial charge in [-0.3, -0.25) is 0 Å². The first kappa shape index (κ1) is 12.2. The van der Waals surface area contributed by atoms with Gasteiger partial charge in [-0.05, 0) is 30.9 Å². The van der Waals surface area contributed by atoms with E-state index in [1.807, 2.05) is 30.9 Å². The molecule has 0 radical (unpaired) electrons. The Labute approximate surface area is 113 Å². The Morgan fingerprint density at radius 3 is 2.74 bits per heavy atom. The van der Waals surface area contributed by atoms with Crippen LogP contribution >= 0.6 is 0 Å². The summed E-state index contributed by atoms with van der Waals surface area (Å²) in [6, 6.07) is 3.85. The number of nitrogens with two attached hydrogens (primary N) is 1. The Morgan fingerprint density at radius 2 is 2.00 bits per heavy atom. The molecule has 0 spiro atoms. The minimum atomic E-state index is 0.557. The molecular weight excluding hydrogens is 236 g/mol. The molecule has 0 amide bonds. The van der Waals surface area contributed by atoms with Crippen molar-refractivity contribution in [1.29, 1.82) is 0 Å². The van der Waals surface area contributed by atoms with Crippen molar-refractivity contribution < 1.29 is 0 Å². The molecule has 2 N–H and O–H groups in total. The van der Waals surface area contributed by atoms with Gasteiger partial charge in [-0.15, -0.1) is 0 Å². The molecule has 2 aromatic heterocycles. The van der Waals surface area contributed by atoms with Crippen LogP contribution in [-0.2, 0) is 6.54 Å². The SMILES string of the molecule is Nc1ccc(-c2cncn2CC2CCCCC2)cn1. The Bertz CT molecular complexity index is 523. The molecule has 0 unspecified atom stereocenters. The van der Waals surface area contributed by atoms with Crippen molar-refractivity contribution >= 4 is 5.82 Å². The number of pyridine rings is 1. The van der Waals surface area contributed by atoms with E-state index >= 15 is 0 Å². The van der Waals surface area contributed by atoms with E-state index in [2.05, 4.69) is 14.5 Å². The maximum absolute atomic E-state index is 5.63. The lowest BCUT2D eigenvalue weighted by Gasteiger charge is -2.22. The number of hydrogen-bond donors (Lipinski definition) is 1. The first-order chi connectivity index (χ1) is 9.33. The molecule has 2 aromatic rings. The Balaban J connectivity index is 1.79. The van der Waals surface area contributed by atoms with E-state index in [1.165, 1.54) is 32.1 Å². The minimum Gasteiger partial charge on any atom is -0.384 e. The molecule has 0 saturated heterocycles. The summed E-state index contributed by atoms with van der Waals surface area (Å²) in [4.78, 5) is 8.45. The van der Waals surface area contributed by atoms with Gasteiger partial charge in [0.25, 0.3) is 0 Å². The number of imidazole rings is 1. The molecule has 19 heavy (non-hydrogen) atoms. The molecule has 0 atom stereocenters. The molecule has 1 fully saturated rings. The molecule has 4 heteroatoms. The minimum absolute atomic E-state index is 0.557. The average molecular weight is 256 g/mol. The van der Waals surface area contributed by atoms with E-state index in [4.69, 9.17) is 5.73 Å². The van der Waals surface area contributed by atoms with Crippen LogP contribution in [0.3, 0.4) is 0 Å². The van der Waals surface area contributed by atoms with E-state index in [-0.39, 0.29) is 0 Å². The van der Waals surface area contributed by atoms with Crippen LogP contribution in [0.5, 0.6) is 0 Å². The van der Waals surface area contributed by atoms with Crippen molar-refractivity contribution in [1.82, 2.24) is 14.5 Å². The molecule has 3 rings (SSSR count). The predicted molar refractivity (Wildman–Crippen MR) is 76.4 cm³/mol. The lowest BCUT2D eigenvalue weighted by atomic mass is 9.89. The zero-order valence-electron chi connectivity index (χ0n) is 11.1. The van der Waals surface area contributed by atoms with Crippen LogP contribution in [0.2, 0.25) is 0 Å². The fourth-order valence-corrected chi connectivity index (χ4v) is 2.91. The van der Waals surface area contributed by atoms with Crippen LogP contribution in [0.4, 0.5) is 5.82 Å². The predicted octanol–water partition coefficient (Wildman–Crippen LogP) is 3.11. The molecule has 0 bridgehead atoms. The number of anilines is 1. The Kier molecular flexibility index (Phi) is 3.49. The van der Waals surface area contributed by atoms with Crippen molar-refractivity contribution in [3.8, 4) is 11.3 Å². The van der Waals surface area contributed by atoms with Crippen molar-refractivity contribution in [2.45, 2.75) is 38.6 Å². The van der Waals surface area contributed by atoms with Crippen LogP contribution in [0.15, 0.2) is 30.9 Å². The highest BCUT2D eigenvalue weighted by Gasteiger charge is 2.15. The molecule has 4 nitrogen and oxygen atoms in total. The molecule has 0 aromatic carbocycles. The van der Waals surface area contributed by atoms with Crippen LogP contribution < -0.4 is 5.73 Å².